The molecule has 3 aromatic rings. The third-order valence-corrected chi connectivity index (χ3v) is 4.12. The molecule has 0 spiro atoms. The van der Waals surface area contributed by atoms with Crippen molar-refractivity contribution in [3.63, 3.8) is 0 Å². The van der Waals surface area contributed by atoms with E-state index in [0.29, 0.717) is 0 Å². The summed E-state index contributed by atoms with van der Waals surface area (Å²) >= 11 is 0. The molecule has 0 atom stereocenters. The van der Waals surface area contributed by atoms with E-state index in [-0.39, 0.29) is 10.6 Å². The van der Waals surface area contributed by atoms with Gasteiger partial charge in [-0.05, 0) is 45.5 Å². The van der Waals surface area contributed by atoms with Gasteiger partial charge in [0.05, 0.1) is 4.92 Å². The van der Waals surface area contributed by atoms with Crippen LogP contribution in [0.2, 0.25) is 0 Å². The predicted octanol–water partition coefficient (Wildman–Crippen LogP) is 5.16. The van der Waals surface area contributed by atoms with E-state index < -0.39 is 0 Å². The van der Waals surface area contributed by atoms with Crippen LogP contribution in [0.15, 0.2) is 72.8 Å². The van der Waals surface area contributed by atoms with E-state index in [1.165, 1.54) is 0 Å². The van der Waals surface area contributed by atoms with Gasteiger partial charge in [0.2, 0.25) is 0 Å². The first-order valence-electron chi connectivity index (χ1n) is 7.39. The Bertz CT molecular complexity index is 943. The van der Waals surface area contributed by atoms with Crippen molar-refractivity contribution in [2.24, 2.45) is 0 Å². The molecule has 110 valence electrons. The standard InChI is InChI=1S/C20H13NO2/c22-21(23)15-10-11-18-16-8-4-5-9-17(16)19(20(18)13-15)12-14-6-2-1-3-7-14/h1-13H. The van der Waals surface area contributed by atoms with Crippen LogP contribution in [0.3, 0.4) is 0 Å². The summed E-state index contributed by atoms with van der Waals surface area (Å²) in [6.07, 6.45) is 2.09. The maximum absolute atomic E-state index is 11.1. The zero-order valence-electron chi connectivity index (χ0n) is 12.3. The predicted molar refractivity (Wildman–Crippen MR) is 91.9 cm³/mol. The van der Waals surface area contributed by atoms with Gasteiger partial charge in [-0.15, -0.1) is 0 Å². The highest BCUT2D eigenvalue weighted by atomic mass is 16.6. The Morgan fingerprint density at radius 1 is 0.739 bits per heavy atom. The number of fused-ring (bicyclic) bond motifs is 3. The third-order valence-electron chi connectivity index (χ3n) is 4.12. The molecule has 0 saturated heterocycles. The van der Waals surface area contributed by atoms with E-state index in [1.807, 2.05) is 48.5 Å². The molecule has 0 unspecified atom stereocenters. The SMILES string of the molecule is O=[N+]([O-])c1ccc2c(c1)C(=Cc1ccccc1)c1ccccc1-2. The Hall–Kier alpha value is -3.20. The lowest BCUT2D eigenvalue weighted by Crippen LogP contribution is -1.89. The summed E-state index contributed by atoms with van der Waals surface area (Å²) in [6.45, 7) is 0. The Morgan fingerprint density at radius 2 is 1.39 bits per heavy atom. The van der Waals surface area contributed by atoms with Crippen molar-refractivity contribution in [1.82, 2.24) is 0 Å². The number of nitro groups is 1. The Kier molecular flexibility index (Phi) is 3.05. The molecule has 3 heteroatoms. The topological polar surface area (TPSA) is 43.1 Å². The maximum Gasteiger partial charge on any atom is 0.270 e. The van der Waals surface area contributed by atoms with Crippen LogP contribution in [0.4, 0.5) is 5.69 Å². The van der Waals surface area contributed by atoms with Crippen molar-refractivity contribution in [1.29, 1.82) is 0 Å². The summed E-state index contributed by atoms with van der Waals surface area (Å²) < 4.78 is 0. The largest absolute Gasteiger partial charge is 0.270 e. The molecule has 23 heavy (non-hydrogen) atoms. The van der Waals surface area contributed by atoms with Gasteiger partial charge in [0.1, 0.15) is 0 Å². The molecular weight excluding hydrogens is 286 g/mol. The molecule has 0 fully saturated rings. The van der Waals surface area contributed by atoms with Gasteiger partial charge in [0.15, 0.2) is 0 Å². The minimum absolute atomic E-state index is 0.121. The summed E-state index contributed by atoms with van der Waals surface area (Å²) in [4.78, 5) is 10.8. The summed E-state index contributed by atoms with van der Waals surface area (Å²) in [5.74, 6) is 0. The lowest BCUT2D eigenvalue weighted by molar-refractivity contribution is -0.384. The third kappa shape index (κ3) is 2.23. The van der Waals surface area contributed by atoms with Crippen molar-refractivity contribution >= 4 is 17.3 Å². The van der Waals surface area contributed by atoms with Crippen molar-refractivity contribution in [2.45, 2.75) is 0 Å². The van der Waals surface area contributed by atoms with Crippen LogP contribution >= 0.6 is 0 Å². The van der Waals surface area contributed by atoms with E-state index >= 15 is 0 Å². The van der Waals surface area contributed by atoms with E-state index in [1.54, 1.807) is 12.1 Å². The number of rotatable bonds is 2. The highest BCUT2D eigenvalue weighted by Gasteiger charge is 2.25. The monoisotopic (exact) mass is 299 g/mol. The van der Waals surface area contributed by atoms with Crippen molar-refractivity contribution in [3.05, 3.63) is 99.6 Å². The fourth-order valence-electron chi connectivity index (χ4n) is 3.07. The maximum atomic E-state index is 11.1. The lowest BCUT2D eigenvalue weighted by atomic mass is 10.0. The van der Waals surface area contributed by atoms with Crippen molar-refractivity contribution in [2.75, 3.05) is 0 Å². The van der Waals surface area contributed by atoms with Crippen LogP contribution in [-0.2, 0) is 0 Å². The Balaban J connectivity index is 1.98. The number of nitrogens with zero attached hydrogens (tertiary/aromatic N) is 1. The number of nitro benzene ring substituents is 1. The van der Waals surface area contributed by atoms with Gasteiger partial charge in [-0.1, -0.05) is 54.6 Å². The van der Waals surface area contributed by atoms with Crippen LogP contribution in [-0.4, -0.2) is 4.92 Å². The second-order valence-electron chi connectivity index (χ2n) is 5.50. The van der Waals surface area contributed by atoms with E-state index in [2.05, 4.69) is 18.2 Å². The molecule has 0 bridgehead atoms. The van der Waals surface area contributed by atoms with Gasteiger partial charge >= 0.3 is 0 Å². The summed E-state index contributed by atoms with van der Waals surface area (Å²) in [6, 6.07) is 23.2. The minimum Gasteiger partial charge on any atom is -0.258 e. The molecule has 0 saturated carbocycles. The van der Waals surface area contributed by atoms with Crippen LogP contribution in [0.1, 0.15) is 16.7 Å². The van der Waals surface area contributed by atoms with Gasteiger partial charge < -0.3 is 0 Å². The van der Waals surface area contributed by atoms with Gasteiger partial charge in [-0.2, -0.15) is 0 Å². The number of hydrogen-bond acceptors (Lipinski definition) is 2. The van der Waals surface area contributed by atoms with Gasteiger partial charge in [0, 0.05) is 12.1 Å². The quantitative estimate of drug-likeness (QED) is 0.379. The Labute approximate surface area is 133 Å². The highest BCUT2D eigenvalue weighted by molar-refractivity contribution is 6.06. The average molecular weight is 299 g/mol. The van der Waals surface area contributed by atoms with Gasteiger partial charge in [-0.25, -0.2) is 0 Å². The van der Waals surface area contributed by atoms with Crippen molar-refractivity contribution in [3.8, 4) is 11.1 Å². The number of non-ortho nitro benzene ring substituents is 1. The normalized spacial score (nSPS) is 13.7. The van der Waals surface area contributed by atoms with E-state index in [4.69, 9.17) is 0 Å². The fraction of sp³-hybridized carbons (Fsp3) is 0. The second-order valence-corrected chi connectivity index (χ2v) is 5.50. The average Bonchev–Trinajstić information content (AvgIpc) is 2.90. The summed E-state index contributed by atoms with van der Waals surface area (Å²) in [5, 5.41) is 11.1. The van der Waals surface area contributed by atoms with E-state index in [0.717, 1.165) is 33.4 Å². The first-order chi connectivity index (χ1) is 11.2. The lowest BCUT2D eigenvalue weighted by Gasteiger charge is -2.03. The highest BCUT2D eigenvalue weighted by Crippen LogP contribution is 2.45. The van der Waals surface area contributed by atoms with Crippen LogP contribution in [0, 0.1) is 10.1 Å². The van der Waals surface area contributed by atoms with Crippen molar-refractivity contribution < 1.29 is 4.92 Å². The molecule has 3 aromatic carbocycles. The number of hydrogen-bond donors (Lipinski definition) is 0. The second kappa shape index (κ2) is 5.21. The smallest absolute Gasteiger partial charge is 0.258 e. The molecule has 1 aliphatic rings. The minimum atomic E-state index is -0.344. The molecule has 4 rings (SSSR count). The summed E-state index contributed by atoms with van der Waals surface area (Å²) in [7, 11) is 0. The zero-order valence-corrected chi connectivity index (χ0v) is 12.3. The molecule has 0 heterocycles. The molecule has 0 N–H and O–H groups in total. The molecule has 0 amide bonds. The van der Waals surface area contributed by atoms with E-state index in [9.17, 15) is 10.1 Å². The molecule has 0 aliphatic heterocycles. The zero-order chi connectivity index (χ0) is 15.8. The first-order valence-corrected chi connectivity index (χ1v) is 7.39. The van der Waals surface area contributed by atoms with Crippen LogP contribution in [0.5, 0.6) is 0 Å². The number of benzene rings is 3. The van der Waals surface area contributed by atoms with Gasteiger partial charge in [-0.3, -0.25) is 10.1 Å². The Morgan fingerprint density at radius 3 is 2.13 bits per heavy atom. The molecule has 0 aromatic heterocycles. The molecule has 0 radical (unpaired) electrons. The van der Waals surface area contributed by atoms with Gasteiger partial charge in [0.25, 0.3) is 5.69 Å². The van der Waals surface area contributed by atoms with Crippen LogP contribution in [0.25, 0.3) is 22.8 Å². The van der Waals surface area contributed by atoms with Crippen LogP contribution < -0.4 is 0 Å². The molecular formula is C20H13NO2. The summed E-state index contributed by atoms with van der Waals surface area (Å²) in [5.41, 5.74) is 6.45. The fourth-order valence-corrected chi connectivity index (χ4v) is 3.07. The molecule has 3 nitrogen and oxygen atoms in total. The molecule has 1 aliphatic carbocycles. The first kappa shape index (κ1) is 13.5.